The van der Waals surface area contributed by atoms with Crippen molar-refractivity contribution in [3.63, 3.8) is 0 Å². The molecule has 0 radical (unpaired) electrons. The van der Waals surface area contributed by atoms with Crippen LogP contribution in [0.1, 0.15) is 25.1 Å². The number of halogens is 1. The van der Waals surface area contributed by atoms with Crippen LogP contribution in [-0.2, 0) is 6.54 Å². The smallest absolute Gasteiger partial charge is 0.143 e. The number of hydrogen-bond acceptors (Lipinski definition) is 2. The molecule has 0 fully saturated rings. The third kappa shape index (κ3) is 2.20. The van der Waals surface area contributed by atoms with Gasteiger partial charge in [-0.15, -0.1) is 0 Å². The van der Waals surface area contributed by atoms with Crippen molar-refractivity contribution in [2.45, 2.75) is 27.3 Å². The predicted molar refractivity (Wildman–Crippen MR) is 71.7 cm³/mol. The SMILES string of the molecule is Cc1cc(C#N)nc2c1c(Br)cn2CC(C)C. The van der Waals surface area contributed by atoms with Gasteiger partial charge in [-0.05, 0) is 40.4 Å². The minimum absolute atomic E-state index is 0.477. The Morgan fingerprint density at radius 2 is 2.24 bits per heavy atom. The first-order valence-electron chi connectivity index (χ1n) is 5.59. The van der Waals surface area contributed by atoms with E-state index >= 15 is 0 Å². The Morgan fingerprint density at radius 3 is 2.82 bits per heavy atom. The summed E-state index contributed by atoms with van der Waals surface area (Å²) in [5.41, 5.74) is 2.45. The fourth-order valence-electron chi connectivity index (χ4n) is 2.01. The van der Waals surface area contributed by atoms with E-state index in [2.05, 4.69) is 45.4 Å². The summed E-state index contributed by atoms with van der Waals surface area (Å²) >= 11 is 3.56. The van der Waals surface area contributed by atoms with Crippen LogP contribution in [0.25, 0.3) is 11.0 Å². The molecule has 0 aliphatic rings. The number of aryl methyl sites for hydroxylation is 1. The second kappa shape index (κ2) is 4.50. The number of nitrogens with zero attached hydrogens (tertiary/aromatic N) is 3. The van der Waals surface area contributed by atoms with E-state index in [1.54, 1.807) is 0 Å². The molecule has 2 rings (SSSR count). The molecule has 0 bridgehead atoms. The van der Waals surface area contributed by atoms with Crippen molar-refractivity contribution < 1.29 is 0 Å². The monoisotopic (exact) mass is 291 g/mol. The highest BCUT2D eigenvalue weighted by Gasteiger charge is 2.12. The summed E-state index contributed by atoms with van der Waals surface area (Å²) in [5, 5.41) is 10.1. The Labute approximate surface area is 109 Å². The van der Waals surface area contributed by atoms with E-state index in [1.165, 1.54) is 0 Å². The molecule has 0 saturated heterocycles. The van der Waals surface area contributed by atoms with Gasteiger partial charge >= 0.3 is 0 Å². The summed E-state index contributed by atoms with van der Waals surface area (Å²) in [7, 11) is 0. The summed E-state index contributed by atoms with van der Waals surface area (Å²) in [6.07, 6.45) is 2.05. The van der Waals surface area contributed by atoms with Gasteiger partial charge in [0.05, 0.1) is 0 Å². The largest absolute Gasteiger partial charge is 0.331 e. The standard InChI is InChI=1S/C13H14BrN3/c1-8(2)6-17-7-11(14)12-9(3)4-10(5-15)16-13(12)17/h4,7-8H,6H2,1-3H3. The maximum Gasteiger partial charge on any atom is 0.143 e. The van der Waals surface area contributed by atoms with E-state index in [1.807, 2.05) is 19.2 Å². The van der Waals surface area contributed by atoms with E-state index in [4.69, 9.17) is 5.26 Å². The molecule has 2 aromatic heterocycles. The third-order valence-electron chi connectivity index (χ3n) is 2.65. The Hall–Kier alpha value is -1.34. The van der Waals surface area contributed by atoms with Crippen LogP contribution in [-0.4, -0.2) is 9.55 Å². The molecule has 2 heterocycles. The number of rotatable bonds is 2. The molecule has 0 N–H and O–H groups in total. The van der Waals surface area contributed by atoms with E-state index in [9.17, 15) is 0 Å². The Kier molecular flexibility index (Phi) is 3.21. The summed E-state index contributed by atoms with van der Waals surface area (Å²) in [5.74, 6) is 0.547. The fraction of sp³-hybridized carbons (Fsp3) is 0.385. The van der Waals surface area contributed by atoms with Crippen LogP contribution in [0.5, 0.6) is 0 Å². The minimum Gasteiger partial charge on any atom is -0.331 e. The van der Waals surface area contributed by atoms with Gasteiger partial charge in [-0.25, -0.2) is 4.98 Å². The average molecular weight is 292 g/mol. The molecule has 0 amide bonds. The lowest BCUT2D eigenvalue weighted by atomic mass is 10.2. The van der Waals surface area contributed by atoms with Gasteiger partial charge in [-0.1, -0.05) is 13.8 Å². The number of fused-ring (bicyclic) bond motifs is 1. The van der Waals surface area contributed by atoms with Gasteiger partial charge in [0.1, 0.15) is 17.4 Å². The summed E-state index contributed by atoms with van der Waals surface area (Å²) in [4.78, 5) is 4.40. The van der Waals surface area contributed by atoms with Crippen molar-refractivity contribution >= 4 is 27.0 Å². The van der Waals surface area contributed by atoms with Gasteiger partial charge in [0, 0.05) is 22.6 Å². The molecular weight excluding hydrogens is 278 g/mol. The lowest BCUT2D eigenvalue weighted by Crippen LogP contribution is -2.04. The predicted octanol–water partition coefficient (Wildman–Crippen LogP) is 3.63. The third-order valence-corrected chi connectivity index (χ3v) is 3.26. The zero-order valence-electron chi connectivity index (χ0n) is 10.2. The van der Waals surface area contributed by atoms with Crippen LogP contribution in [0.4, 0.5) is 0 Å². The molecule has 4 heteroatoms. The van der Waals surface area contributed by atoms with Gasteiger partial charge in [0.15, 0.2) is 0 Å². The molecule has 0 aromatic carbocycles. The quantitative estimate of drug-likeness (QED) is 0.848. The molecule has 3 nitrogen and oxygen atoms in total. The lowest BCUT2D eigenvalue weighted by Gasteiger charge is -2.07. The second-order valence-corrected chi connectivity index (χ2v) is 5.51. The first-order valence-corrected chi connectivity index (χ1v) is 6.38. The summed E-state index contributed by atoms with van der Waals surface area (Å²) in [6, 6.07) is 3.94. The van der Waals surface area contributed by atoms with Crippen molar-refractivity contribution in [2.24, 2.45) is 5.92 Å². The topological polar surface area (TPSA) is 41.6 Å². The van der Waals surface area contributed by atoms with Crippen LogP contribution in [0.15, 0.2) is 16.7 Å². The van der Waals surface area contributed by atoms with Crippen LogP contribution in [0, 0.1) is 24.2 Å². The number of nitriles is 1. The maximum atomic E-state index is 8.97. The highest BCUT2D eigenvalue weighted by atomic mass is 79.9. The van der Waals surface area contributed by atoms with Crippen molar-refractivity contribution in [1.29, 1.82) is 5.26 Å². The zero-order chi connectivity index (χ0) is 12.6. The Balaban J connectivity index is 2.71. The maximum absolute atomic E-state index is 8.97. The van der Waals surface area contributed by atoms with Gasteiger partial charge in [-0.2, -0.15) is 5.26 Å². The van der Waals surface area contributed by atoms with Crippen molar-refractivity contribution in [2.75, 3.05) is 0 Å². The van der Waals surface area contributed by atoms with Crippen LogP contribution < -0.4 is 0 Å². The van der Waals surface area contributed by atoms with Crippen LogP contribution >= 0.6 is 15.9 Å². The van der Waals surface area contributed by atoms with E-state index in [-0.39, 0.29) is 0 Å². The molecule has 88 valence electrons. The minimum atomic E-state index is 0.477. The first kappa shape index (κ1) is 12.1. The molecule has 2 aromatic rings. The van der Waals surface area contributed by atoms with E-state index < -0.39 is 0 Å². The number of hydrogen-bond donors (Lipinski definition) is 0. The molecule has 0 spiro atoms. The molecule has 0 unspecified atom stereocenters. The fourth-order valence-corrected chi connectivity index (χ4v) is 2.75. The summed E-state index contributed by atoms with van der Waals surface area (Å²) in [6.45, 7) is 7.25. The Bertz CT molecular complexity index is 605. The molecule has 0 aliphatic carbocycles. The van der Waals surface area contributed by atoms with Crippen LogP contribution in [0.3, 0.4) is 0 Å². The van der Waals surface area contributed by atoms with Gasteiger partial charge in [0.25, 0.3) is 0 Å². The second-order valence-electron chi connectivity index (χ2n) is 4.66. The van der Waals surface area contributed by atoms with Gasteiger partial charge < -0.3 is 4.57 Å². The average Bonchev–Trinajstić information content (AvgIpc) is 2.55. The van der Waals surface area contributed by atoms with Crippen LogP contribution in [0.2, 0.25) is 0 Å². The van der Waals surface area contributed by atoms with Crippen molar-refractivity contribution in [3.05, 3.63) is 28.0 Å². The highest BCUT2D eigenvalue weighted by Crippen LogP contribution is 2.29. The molecule has 0 aliphatic heterocycles. The normalized spacial score (nSPS) is 11.1. The van der Waals surface area contributed by atoms with E-state index in [0.717, 1.165) is 27.6 Å². The van der Waals surface area contributed by atoms with Crippen molar-refractivity contribution in [3.8, 4) is 6.07 Å². The lowest BCUT2D eigenvalue weighted by molar-refractivity contribution is 0.532. The van der Waals surface area contributed by atoms with Gasteiger partial charge in [0.2, 0.25) is 0 Å². The Morgan fingerprint density at radius 1 is 1.53 bits per heavy atom. The van der Waals surface area contributed by atoms with E-state index in [0.29, 0.717) is 11.6 Å². The molecular formula is C13H14BrN3. The first-order chi connectivity index (χ1) is 8.02. The van der Waals surface area contributed by atoms with Crippen molar-refractivity contribution in [1.82, 2.24) is 9.55 Å². The molecule has 17 heavy (non-hydrogen) atoms. The molecule has 0 saturated carbocycles. The highest BCUT2D eigenvalue weighted by molar-refractivity contribution is 9.10. The molecule has 0 atom stereocenters. The number of aromatic nitrogens is 2. The van der Waals surface area contributed by atoms with Gasteiger partial charge in [-0.3, -0.25) is 0 Å². The zero-order valence-corrected chi connectivity index (χ0v) is 11.7. The number of pyridine rings is 1. The summed E-state index contributed by atoms with van der Waals surface area (Å²) < 4.78 is 3.15.